The third-order valence-electron chi connectivity index (χ3n) is 3.55. The predicted octanol–water partition coefficient (Wildman–Crippen LogP) is 1.15. The van der Waals surface area contributed by atoms with Crippen LogP contribution in [0.5, 0.6) is 0 Å². The van der Waals surface area contributed by atoms with E-state index in [2.05, 4.69) is 9.73 Å². The molecule has 0 aliphatic carbocycles. The molecule has 23 heavy (non-hydrogen) atoms. The number of carbonyl (C=O) groups excluding carboxylic acids is 3. The molecule has 0 saturated carbocycles. The molecule has 1 saturated heterocycles. The van der Waals surface area contributed by atoms with Crippen molar-refractivity contribution in [3.8, 4) is 0 Å². The maximum atomic E-state index is 12.5. The van der Waals surface area contributed by atoms with Gasteiger partial charge in [0.1, 0.15) is 6.04 Å². The molecule has 3 unspecified atom stereocenters. The Morgan fingerprint density at radius 1 is 1.39 bits per heavy atom. The molecule has 0 amide bonds. The number of Topliss-reactive ketones (excluding diaryl/α,β-unsaturated/α-hetero) is 1. The van der Waals surface area contributed by atoms with Crippen LogP contribution in [0, 0.1) is 5.92 Å². The Labute approximate surface area is 138 Å². The topological polar surface area (TPSA) is 98.8 Å². The van der Waals surface area contributed by atoms with Gasteiger partial charge in [-0.15, -0.1) is 0 Å². The number of aliphatic imine (C=N–C) groups is 1. The van der Waals surface area contributed by atoms with Crippen molar-refractivity contribution in [3.63, 3.8) is 0 Å². The van der Waals surface area contributed by atoms with Crippen molar-refractivity contribution in [2.45, 2.75) is 18.5 Å². The lowest BCUT2D eigenvalue weighted by Gasteiger charge is -2.15. The largest absolute Gasteiger partial charge is 0.468 e. The summed E-state index contributed by atoms with van der Waals surface area (Å²) in [6.07, 6.45) is 1.80. The van der Waals surface area contributed by atoms with E-state index < -0.39 is 29.8 Å². The molecule has 0 spiro atoms. The lowest BCUT2D eigenvalue weighted by molar-refractivity contribution is -0.146. The smallest absolute Gasteiger partial charge is 0.321 e. The summed E-state index contributed by atoms with van der Waals surface area (Å²) in [5, 5.41) is -0.0512. The summed E-state index contributed by atoms with van der Waals surface area (Å²) in [6, 6.07) is 7.30. The van der Waals surface area contributed by atoms with E-state index in [9.17, 15) is 14.4 Å². The Kier molecular flexibility index (Phi) is 6.06. The highest BCUT2D eigenvalue weighted by Crippen LogP contribution is 2.22. The number of esters is 1. The van der Waals surface area contributed by atoms with Crippen LogP contribution in [0.2, 0.25) is 0 Å². The number of hydrogen-bond acceptors (Lipinski definition) is 7. The molecule has 1 aliphatic rings. The second-order valence-corrected chi connectivity index (χ2v) is 6.16. The van der Waals surface area contributed by atoms with Crippen molar-refractivity contribution >= 4 is 34.8 Å². The van der Waals surface area contributed by atoms with Gasteiger partial charge in [-0.05, 0) is 12.0 Å². The van der Waals surface area contributed by atoms with Gasteiger partial charge in [0.25, 0.3) is 0 Å². The fourth-order valence-electron chi connectivity index (χ4n) is 2.21. The van der Waals surface area contributed by atoms with Gasteiger partial charge in [0.15, 0.2) is 11.7 Å². The average molecular weight is 334 g/mol. The molecular formula is C16H18N2O4S. The fraction of sp³-hybridized carbons (Fsp3) is 0.375. The average Bonchev–Trinajstić information content (AvgIpc) is 2.99. The van der Waals surface area contributed by atoms with Crippen LogP contribution >= 0.6 is 11.8 Å². The number of benzene rings is 1. The number of methoxy groups -OCH3 is 1. The second kappa shape index (κ2) is 8.03. The third-order valence-corrected chi connectivity index (χ3v) is 4.55. The van der Waals surface area contributed by atoms with Gasteiger partial charge in [-0.2, -0.15) is 0 Å². The fourth-order valence-corrected chi connectivity index (χ4v) is 3.12. The van der Waals surface area contributed by atoms with Crippen LogP contribution in [-0.4, -0.2) is 42.0 Å². The number of nitrogens with zero attached hydrogens (tertiary/aromatic N) is 1. The van der Waals surface area contributed by atoms with E-state index >= 15 is 0 Å². The maximum absolute atomic E-state index is 12.5. The van der Waals surface area contributed by atoms with Crippen molar-refractivity contribution in [1.29, 1.82) is 0 Å². The number of carbonyl (C=O) groups is 3. The molecule has 0 radical (unpaired) electrons. The van der Waals surface area contributed by atoms with Gasteiger partial charge in [-0.3, -0.25) is 19.4 Å². The highest BCUT2D eigenvalue weighted by molar-refractivity contribution is 8.14. The van der Waals surface area contributed by atoms with Crippen molar-refractivity contribution in [3.05, 3.63) is 35.9 Å². The zero-order chi connectivity index (χ0) is 16.8. The van der Waals surface area contributed by atoms with Crippen LogP contribution in [-0.2, 0) is 19.1 Å². The van der Waals surface area contributed by atoms with Crippen LogP contribution in [0.1, 0.15) is 18.0 Å². The molecule has 1 fully saturated rings. The minimum absolute atomic E-state index is 0.0512. The van der Waals surface area contributed by atoms with E-state index in [1.54, 1.807) is 24.3 Å². The molecule has 2 rings (SSSR count). The first-order valence-electron chi connectivity index (χ1n) is 7.16. The zero-order valence-electron chi connectivity index (χ0n) is 12.7. The van der Waals surface area contributed by atoms with E-state index in [4.69, 9.17) is 5.73 Å². The molecule has 0 aromatic heterocycles. The normalized spacial score (nSPS) is 20.4. The van der Waals surface area contributed by atoms with Crippen LogP contribution in [0.25, 0.3) is 0 Å². The number of ether oxygens (including phenoxy) is 1. The number of ketones is 1. The molecular weight excluding hydrogens is 316 g/mol. The van der Waals surface area contributed by atoms with Crippen molar-refractivity contribution in [2.75, 3.05) is 12.9 Å². The molecule has 3 atom stereocenters. The Balaban J connectivity index is 2.17. The Morgan fingerprint density at radius 2 is 2.09 bits per heavy atom. The lowest BCUT2D eigenvalue weighted by atomic mass is 9.94. The van der Waals surface area contributed by atoms with Crippen molar-refractivity contribution in [1.82, 2.24) is 0 Å². The Hall–Kier alpha value is -1.99. The van der Waals surface area contributed by atoms with Gasteiger partial charge in [0.2, 0.25) is 5.12 Å². The van der Waals surface area contributed by atoms with Gasteiger partial charge in [-0.1, -0.05) is 42.1 Å². The number of nitrogens with two attached hydrogens (primary N) is 1. The second-order valence-electron chi connectivity index (χ2n) is 5.06. The van der Waals surface area contributed by atoms with Crippen LogP contribution < -0.4 is 5.73 Å². The summed E-state index contributed by atoms with van der Waals surface area (Å²) >= 11 is 1.20. The van der Waals surface area contributed by atoms with Gasteiger partial charge in [0.05, 0.1) is 13.2 Å². The monoisotopic (exact) mass is 334 g/mol. The lowest BCUT2D eigenvalue weighted by Crippen LogP contribution is -2.35. The number of thioether (sulfide) groups is 1. The molecule has 122 valence electrons. The van der Waals surface area contributed by atoms with E-state index in [0.29, 0.717) is 17.7 Å². The van der Waals surface area contributed by atoms with Gasteiger partial charge >= 0.3 is 5.97 Å². The van der Waals surface area contributed by atoms with Crippen LogP contribution in [0.4, 0.5) is 0 Å². The number of rotatable bonds is 6. The van der Waals surface area contributed by atoms with Crippen molar-refractivity contribution in [2.24, 2.45) is 16.6 Å². The van der Waals surface area contributed by atoms with E-state index in [1.165, 1.54) is 25.1 Å². The quantitative estimate of drug-likeness (QED) is 0.476. The first-order chi connectivity index (χ1) is 11.0. The van der Waals surface area contributed by atoms with Gasteiger partial charge in [0, 0.05) is 12.0 Å². The minimum Gasteiger partial charge on any atom is -0.468 e. The molecule has 7 heteroatoms. The van der Waals surface area contributed by atoms with Crippen LogP contribution in [0.15, 0.2) is 35.3 Å². The van der Waals surface area contributed by atoms with Crippen LogP contribution in [0.3, 0.4) is 0 Å². The zero-order valence-corrected chi connectivity index (χ0v) is 13.5. The van der Waals surface area contributed by atoms with Crippen molar-refractivity contribution < 1.29 is 19.1 Å². The summed E-state index contributed by atoms with van der Waals surface area (Å²) in [5.41, 5.74) is 6.56. The highest BCUT2D eigenvalue weighted by atomic mass is 32.2. The summed E-state index contributed by atoms with van der Waals surface area (Å²) in [7, 11) is 1.20. The molecule has 1 aliphatic heterocycles. The molecule has 0 bridgehead atoms. The number of hydrogen-bond donors (Lipinski definition) is 1. The molecule has 1 heterocycles. The Morgan fingerprint density at radius 3 is 2.65 bits per heavy atom. The first-order valence-corrected chi connectivity index (χ1v) is 8.15. The summed E-state index contributed by atoms with van der Waals surface area (Å²) < 4.78 is 4.66. The van der Waals surface area contributed by atoms with Gasteiger partial charge in [-0.25, -0.2) is 0 Å². The standard InChI is InChI=1S/C16H18N2O4S/c1-22-15(20)11(9-18-12-7-8-23-16(12)21)14(19)13(17)10-5-3-2-4-6-10/h2-6,9,11-13H,7-8,17H2,1H3. The SMILES string of the molecule is COC(=O)C(C=NC1CCSC1=O)C(=O)C(N)c1ccccc1. The summed E-state index contributed by atoms with van der Waals surface area (Å²) in [6.45, 7) is 0. The van der Waals surface area contributed by atoms with E-state index in [1.807, 2.05) is 6.07 Å². The highest BCUT2D eigenvalue weighted by Gasteiger charge is 2.32. The Bertz CT molecular complexity index is 618. The molecule has 2 N–H and O–H groups in total. The molecule has 6 nitrogen and oxygen atoms in total. The summed E-state index contributed by atoms with van der Waals surface area (Å²) in [4.78, 5) is 40.1. The van der Waals surface area contributed by atoms with E-state index in [0.717, 1.165) is 0 Å². The molecule has 1 aromatic carbocycles. The first kappa shape index (κ1) is 17.4. The van der Waals surface area contributed by atoms with E-state index in [-0.39, 0.29) is 5.12 Å². The minimum atomic E-state index is -1.21. The molecule has 1 aromatic rings. The third kappa shape index (κ3) is 4.27. The maximum Gasteiger partial charge on any atom is 0.321 e. The van der Waals surface area contributed by atoms with Gasteiger partial charge < -0.3 is 10.5 Å². The summed E-state index contributed by atoms with van der Waals surface area (Å²) in [5.74, 6) is -1.76. The predicted molar refractivity (Wildman–Crippen MR) is 88.2 cm³/mol.